The van der Waals surface area contributed by atoms with E-state index in [-0.39, 0.29) is 84.4 Å². The molecule has 2 unspecified atom stereocenters. The number of hydroxylamine groups is 4. The second kappa shape index (κ2) is 19.0. The minimum absolute atomic E-state index is 0.0304. The fourth-order valence-electron chi connectivity index (χ4n) is 5.42. The standard InChI is InChI=1S/C34H42N8O12/c43-27-13-3-9-23(39(27)51)31(47)35-17-7-21-37(33(49)25-11-5-15-29(45)41(25)53)19-1-2-20-38(34(50)26-12-6-16-30(46)42(26)54)22-8-18-36-32(48)24-10-4-14-28(44)40(24)52/h3-6,9-16,29-30,45-46,51-54H,1-2,7-8,17-22H2,(H,35,47)(H,36,48). The third-order valence-electron chi connectivity index (χ3n) is 8.29. The molecule has 0 aliphatic carbocycles. The van der Waals surface area contributed by atoms with Crippen LogP contribution in [-0.4, -0.2) is 136 Å². The van der Waals surface area contributed by atoms with E-state index in [4.69, 9.17) is 0 Å². The van der Waals surface area contributed by atoms with E-state index in [1.807, 2.05) is 0 Å². The number of aliphatic hydroxyl groups is 2. The Labute approximate surface area is 307 Å². The van der Waals surface area contributed by atoms with Gasteiger partial charge in [0.1, 0.15) is 22.8 Å². The van der Waals surface area contributed by atoms with E-state index in [0.29, 0.717) is 23.0 Å². The highest BCUT2D eigenvalue weighted by Gasteiger charge is 2.29. The molecule has 20 nitrogen and oxygen atoms in total. The number of allylic oxidation sites excluding steroid dienone is 4. The van der Waals surface area contributed by atoms with Crippen molar-refractivity contribution >= 4 is 23.6 Å². The van der Waals surface area contributed by atoms with Crippen molar-refractivity contribution in [2.75, 3.05) is 39.3 Å². The summed E-state index contributed by atoms with van der Waals surface area (Å²) in [6.07, 6.45) is 6.07. The predicted octanol–water partition coefficient (Wildman–Crippen LogP) is -1.21. The van der Waals surface area contributed by atoms with Gasteiger partial charge in [-0.1, -0.05) is 24.3 Å². The number of aliphatic hydroxyl groups excluding tert-OH is 2. The van der Waals surface area contributed by atoms with Gasteiger partial charge in [0, 0.05) is 51.4 Å². The molecule has 0 spiro atoms. The van der Waals surface area contributed by atoms with Gasteiger partial charge in [0.2, 0.25) is 0 Å². The highest BCUT2D eigenvalue weighted by molar-refractivity contribution is 5.94. The third-order valence-corrected chi connectivity index (χ3v) is 8.29. The maximum Gasteiger partial charge on any atom is 0.283 e. The van der Waals surface area contributed by atoms with Crippen molar-refractivity contribution in [3.05, 3.63) is 116 Å². The molecule has 2 aliphatic rings. The summed E-state index contributed by atoms with van der Waals surface area (Å²) < 4.78 is 0.419. The van der Waals surface area contributed by atoms with E-state index in [2.05, 4.69) is 10.6 Å². The van der Waals surface area contributed by atoms with Crippen LogP contribution in [0.15, 0.2) is 93.8 Å². The SMILES string of the molecule is O=C(NCCCN(CCCCN(CCCNC(=O)c1cccc(=O)n1O)C(=O)C1=CC=CC(O)N1O)C(=O)C1=CC=CC(O)N1O)c1cccc(=O)n1O. The van der Waals surface area contributed by atoms with E-state index < -0.39 is 47.2 Å². The normalized spacial score (nSPS) is 16.4. The van der Waals surface area contributed by atoms with Gasteiger partial charge in [-0.05, 0) is 62.1 Å². The minimum atomic E-state index is -1.46. The van der Waals surface area contributed by atoms with Crippen LogP contribution in [0.1, 0.15) is 46.7 Å². The lowest BCUT2D eigenvalue weighted by Crippen LogP contribution is -2.44. The van der Waals surface area contributed by atoms with Crippen molar-refractivity contribution in [1.29, 1.82) is 0 Å². The number of rotatable bonds is 17. The lowest BCUT2D eigenvalue weighted by molar-refractivity contribution is -0.165. The highest BCUT2D eigenvalue weighted by Crippen LogP contribution is 2.18. The Morgan fingerprint density at radius 1 is 0.593 bits per heavy atom. The van der Waals surface area contributed by atoms with Crippen LogP contribution in [0.3, 0.4) is 0 Å². The number of hydrogen-bond acceptors (Lipinski definition) is 14. The fraction of sp³-hybridized carbons (Fsp3) is 0.353. The second-order valence-electron chi connectivity index (χ2n) is 12.0. The van der Waals surface area contributed by atoms with Crippen LogP contribution in [0.4, 0.5) is 0 Å². The Morgan fingerprint density at radius 2 is 0.963 bits per heavy atom. The molecule has 4 rings (SSSR count). The first-order valence-corrected chi connectivity index (χ1v) is 16.9. The van der Waals surface area contributed by atoms with Gasteiger partial charge < -0.3 is 41.1 Å². The monoisotopic (exact) mass is 754 g/mol. The van der Waals surface area contributed by atoms with Crippen LogP contribution < -0.4 is 21.8 Å². The van der Waals surface area contributed by atoms with Gasteiger partial charge in [-0.15, -0.1) is 9.46 Å². The summed E-state index contributed by atoms with van der Waals surface area (Å²) >= 11 is 0. The Hall–Kier alpha value is -6.22. The summed E-state index contributed by atoms with van der Waals surface area (Å²) in [6.45, 7) is 0.382. The van der Waals surface area contributed by atoms with E-state index in [0.717, 1.165) is 12.1 Å². The van der Waals surface area contributed by atoms with Crippen LogP contribution in [0.25, 0.3) is 0 Å². The maximum atomic E-state index is 13.5. The Morgan fingerprint density at radius 3 is 1.35 bits per heavy atom. The zero-order chi connectivity index (χ0) is 39.4. The maximum absolute atomic E-state index is 13.5. The zero-order valence-corrected chi connectivity index (χ0v) is 29.0. The topological polar surface area (TPSA) is 271 Å². The first kappa shape index (κ1) is 40.5. The first-order valence-electron chi connectivity index (χ1n) is 16.9. The number of carbonyl (C=O) groups excluding carboxylic acids is 4. The second-order valence-corrected chi connectivity index (χ2v) is 12.0. The Bertz CT molecular complexity index is 1800. The summed E-state index contributed by atoms with van der Waals surface area (Å²) in [5.74, 6) is -2.74. The van der Waals surface area contributed by atoms with E-state index >= 15 is 0 Å². The molecule has 0 fully saturated rings. The number of aromatic nitrogens is 2. The Balaban J connectivity index is 1.39. The number of pyridine rings is 2. The molecule has 4 heterocycles. The molecule has 2 atom stereocenters. The van der Waals surface area contributed by atoms with Crippen LogP contribution in [0.5, 0.6) is 0 Å². The van der Waals surface area contributed by atoms with Gasteiger partial charge in [0.15, 0.2) is 12.5 Å². The van der Waals surface area contributed by atoms with Crippen molar-refractivity contribution in [1.82, 2.24) is 40.0 Å². The molecule has 4 amide bonds. The molecule has 290 valence electrons. The van der Waals surface area contributed by atoms with E-state index in [1.54, 1.807) is 0 Å². The summed E-state index contributed by atoms with van der Waals surface area (Å²) in [4.78, 5) is 78.1. The number of carbonyl (C=O) groups is 4. The van der Waals surface area contributed by atoms with Crippen molar-refractivity contribution in [3.63, 3.8) is 0 Å². The molecule has 0 aromatic carbocycles. The van der Waals surface area contributed by atoms with Gasteiger partial charge in [0.25, 0.3) is 34.7 Å². The number of hydrogen-bond donors (Lipinski definition) is 8. The van der Waals surface area contributed by atoms with Crippen molar-refractivity contribution in [2.45, 2.75) is 38.1 Å². The van der Waals surface area contributed by atoms with Gasteiger partial charge in [-0.25, -0.2) is 10.1 Å². The number of amides is 4. The predicted molar refractivity (Wildman–Crippen MR) is 186 cm³/mol. The third kappa shape index (κ3) is 10.2. The number of nitrogens with zero attached hydrogens (tertiary/aromatic N) is 6. The van der Waals surface area contributed by atoms with E-state index in [1.165, 1.54) is 70.5 Å². The van der Waals surface area contributed by atoms with Gasteiger partial charge in [-0.3, -0.25) is 39.2 Å². The first-order chi connectivity index (χ1) is 25.8. The molecule has 2 aromatic heterocycles. The molecular weight excluding hydrogens is 712 g/mol. The summed E-state index contributed by atoms with van der Waals surface area (Å²) in [6, 6.07) is 7.28. The van der Waals surface area contributed by atoms with Gasteiger partial charge >= 0.3 is 0 Å². The molecule has 20 heteroatoms. The zero-order valence-electron chi connectivity index (χ0n) is 29.0. The molecule has 0 saturated heterocycles. The quantitative estimate of drug-likeness (QED) is 0.0696. The lowest BCUT2D eigenvalue weighted by Gasteiger charge is -2.31. The summed E-state index contributed by atoms with van der Waals surface area (Å²) in [5.41, 5.74) is -2.58. The number of unbranched alkanes of at least 4 members (excludes halogenated alkanes) is 1. The molecule has 0 saturated carbocycles. The lowest BCUT2D eigenvalue weighted by atomic mass is 10.2. The highest BCUT2D eigenvalue weighted by atomic mass is 16.5. The van der Waals surface area contributed by atoms with Crippen molar-refractivity contribution < 1.29 is 50.2 Å². The summed E-state index contributed by atoms with van der Waals surface area (Å²) in [5, 5.41) is 66.4. The summed E-state index contributed by atoms with van der Waals surface area (Å²) in [7, 11) is 0. The molecule has 54 heavy (non-hydrogen) atoms. The van der Waals surface area contributed by atoms with Crippen molar-refractivity contribution in [3.8, 4) is 0 Å². The fourth-order valence-corrected chi connectivity index (χ4v) is 5.42. The average molecular weight is 755 g/mol. The minimum Gasteiger partial charge on any atom is -0.425 e. The Kier molecular flexibility index (Phi) is 14.3. The van der Waals surface area contributed by atoms with Gasteiger partial charge in [-0.2, -0.15) is 0 Å². The largest absolute Gasteiger partial charge is 0.425 e. The average Bonchev–Trinajstić information content (AvgIpc) is 3.15. The molecule has 2 aromatic rings. The molecular formula is C34H42N8O12. The smallest absolute Gasteiger partial charge is 0.283 e. The van der Waals surface area contributed by atoms with Crippen LogP contribution in [-0.2, 0) is 9.59 Å². The molecule has 0 radical (unpaired) electrons. The van der Waals surface area contributed by atoms with Crippen molar-refractivity contribution in [2.24, 2.45) is 0 Å². The van der Waals surface area contributed by atoms with E-state index in [9.17, 15) is 59.8 Å². The number of nitrogens with one attached hydrogen (secondary N) is 2. The molecule has 0 bridgehead atoms. The molecule has 2 aliphatic heterocycles. The van der Waals surface area contributed by atoms with Crippen LogP contribution >= 0.6 is 0 Å². The van der Waals surface area contributed by atoms with Crippen LogP contribution in [0, 0.1) is 0 Å². The van der Waals surface area contributed by atoms with Crippen LogP contribution in [0.2, 0.25) is 0 Å². The van der Waals surface area contributed by atoms with Gasteiger partial charge in [0.05, 0.1) is 0 Å². The molecule has 8 N–H and O–H groups in total.